The molecule has 178 valence electrons. The van der Waals surface area contributed by atoms with Gasteiger partial charge in [-0.05, 0) is 30.7 Å². The second kappa shape index (κ2) is 12.4. The Morgan fingerprint density at radius 3 is 2.44 bits per heavy atom. The van der Waals surface area contributed by atoms with Crippen molar-refractivity contribution in [3.63, 3.8) is 0 Å². The summed E-state index contributed by atoms with van der Waals surface area (Å²) in [6, 6.07) is 20.4. The highest BCUT2D eigenvalue weighted by molar-refractivity contribution is 7.09. The minimum Gasteiger partial charge on any atom is -0.356 e. The average molecular weight is 477 g/mol. The number of carbonyl (C=O) groups excluding carboxylic acids is 2. The zero-order chi connectivity index (χ0) is 23.6. The van der Waals surface area contributed by atoms with E-state index in [4.69, 9.17) is 4.98 Å². The summed E-state index contributed by atoms with van der Waals surface area (Å²) in [5.74, 6) is 0.381. The zero-order valence-electron chi connectivity index (χ0n) is 19.4. The van der Waals surface area contributed by atoms with E-state index in [1.165, 1.54) is 5.56 Å². The molecule has 2 aromatic carbocycles. The number of hydrogen-bond acceptors (Lipinski definition) is 5. The molecule has 7 heteroatoms. The number of aromatic nitrogens is 1. The van der Waals surface area contributed by atoms with E-state index in [-0.39, 0.29) is 17.7 Å². The Balaban J connectivity index is 1.39. The monoisotopic (exact) mass is 476 g/mol. The molecule has 2 N–H and O–H groups in total. The van der Waals surface area contributed by atoms with Gasteiger partial charge in [0.25, 0.3) is 0 Å². The molecule has 1 aromatic heterocycles. The molecule has 1 fully saturated rings. The van der Waals surface area contributed by atoms with Crippen molar-refractivity contribution in [3.8, 4) is 11.3 Å². The molecular formula is C27H32N4O2S. The van der Waals surface area contributed by atoms with E-state index < -0.39 is 0 Å². The second-order valence-electron chi connectivity index (χ2n) is 8.69. The third-order valence-corrected chi connectivity index (χ3v) is 6.96. The van der Waals surface area contributed by atoms with Crippen molar-refractivity contribution in [3.05, 3.63) is 76.6 Å². The SMILES string of the molecule is O=C1CCC(c2ccccc2)CCNC(=O)CN(Cc2nc(-c3ccccc3)cs2)CCCN1. The molecule has 6 nitrogen and oxygen atoms in total. The summed E-state index contributed by atoms with van der Waals surface area (Å²) in [5, 5.41) is 9.20. The van der Waals surface area contributed by atoms with E-state index >= 15 is 0 Å². The summed E-state index contributed by atoms with van der Waals surface area (Å²) >= 11 is 1.62. The summed E-state index contributed by atoms with van der Waals surface area (Å²) in [5.41, 5.74) is 3.28. The largest absolute Gasteiger partial charge is 0.356 e. The number of benzene rings is 2. The van der Waals surface area contributed by atoms with Crippen LogP contribution in [-0.2, 0) is 16.1 Å². The normalized spacial score (nSPS) is 19.1. The molecule has 0 radical (unpaired) electrons. The highest BCUT2D eigenvalue weighted by Crippen LogP contribution is 2.25. The molecule has 0 saturated carbocycles. The van der Waals surface area contributed by atoms with Gasteiger partial charge >= 0.3 is 0 Å². The first kappa shape index (κ1) is 24.1. The van der Waals surface area contributed by atoms with Gasteiger partial charge in [0, 0.05) is 37.0 Å². The van der Waals surface area contributed by atoms with Gasteiger partial charge in [-0.3, -0.25) is 14.5 Å². The molecule has 1 aliphatic rings. The fourth-order valence-electron chi connectivity index (χ4n) is 4.30. The van der Waals surface area contributed by atoms with Crippen molar-refractivity contribution in [1.82, 2.24) is 20.5 Å². The van der Waals surface area contributed by atoms with Crippen molar-refractivity contribution in [2.75, 3.05) is 26.2 Å². The maximum atomic E-state index is 12.7. The quantitative estimate of drug-likeness (QED) is 0.592. The van der Waals surface area contributed by atoms with E-state index in [0.29, 0.717) is 32.6 Å². The van der Waals surface area contributed by atoms with Gasteiger partial charge in [0.1, 0.15) is 5.01 Å². The smallest absolute Gasteiger partial charge is 0.234 e. The summed E-state index contributed by atoms with van der Waals surface area (Å²) in [4.78, 5) is 32.0. The maximum Gasteiger partial charge on any atom is 0.234 e. The van der Waals surface area contributed by atoms with Crippen LogP contribution in [0.3, 0.4) is 0 Å². The number of thiazole rings is 1. The van der Waals surface area contributed by atoms with Crippen LogP contribution in [0.5, 0.6) is 0 Å². The molecule has 1 unspecified atom stereocenters. The average Bonchev–Trinajstić information content (AvgIpc) is 3.33. The minimum absolute atomic E-state index is 0.0349. The fourth-order valence-corrected chi connectivity index (χ4v) is 5.15. The van der Waals surface area contributed by atoms with Crippen LogP contribution in [0, 0.1) is 0 Å². The van der Waals surface area contributed by atoms with E-state index in [1.54, 1.807) is 11.3 Å². The first-order valence-electron chi connectivity index (χ1n) is 12.0. The van der Waals surface area contributed by atoms with Crippen molar-refractivity contribution in [1.29, 1.82) is 0 Å². The van der Waals surface area contributed by atoms with E-state index in [9.17, 15) is 9.59 Å². The lowest BCUT2D eigenvalue weighted by molar-refractivity contribution is -0.123. The molecule has 0 bridgehead atoms. The standard InChI is InChI=1S/C27H32N4O2S/c32-25-13-12-22(21-8-3-1-4-9-21)14-16-29-26(33)18-31(17-7-15-28-25)19-27-30-24(20-34-27)23-10-5-2-6-11-23/h1-6,8-11,20,22H,7,12-19H2,(H,28,32)(H,29,33). The highest BCUT2D eigenvalue weighted by atomic mass is 32.1. The number of nitrogens with zero attached hydrogens (tertiary/aromatic N) is 2. The molecule has 1 saturated heterocycles. The van der Waals surface area contributed by atoms with Gasteiger partial charge in [-0.2, -0.15) is 0 Å². The summed E-state index contributed by atoms with van der Waals surface area (Å²) < 4.78 is 0. The number of hydrogen-bond donors (Lipinski definition) is 2. The first-order chi connectivity index (χ1) is 16.7. The van der Waals surface area contributed by atoms with Crippen LogP contribution < -0.4 is 10.6 Å². The van der Waals surface area contributed by atoms with E-state index in [2.05, 4.69) is 45.2 Å². The second-order valence-corrected chi connectivity index (χ2v) is 9.63. The Hall–Kier alpha value is -3.03. The number of nitrogens with one attached hydrogen (secondary N) is 2. The predicted molar refractivity (Wildman–Crippen MR) is 136 cm³/mol. The third-order valence-electron chi connectivity index (χ3n) is 6.13. The molecule has 2 heterocycles. The van der Waals surface area contributed by atoms with E-state index in [0.717, 1.165) is 42.1 Å². The molecule has 34 heavy (non-hydrogen) atoms. The van der Waals surface area contributed by atoms with Crippen molar-refractivity contribution in [2.45, 2.75) is 38.1 Å². The lowest BCUT2D eigenvalue weighted by Crippen LogP contribution is -2.39. The zero-order valence-corrected chi connectivity index (χ0v) is 20.2. The Morgan fingerprint density at radius 1 is 0.912 bits per heavy atom. The molecule has 0 aliphatic carbocycles. The first-order valence-corrected chi connectivity index (χ1v) is 12.9. The molecule has 0 spiro atoms. The van der Waals surface area contributed by atoms with Crippen LogP contribution in [0.15, 0.2) is 66.0 Å². The molecule has 2 amide bonds. The van der Waals surface area contributed by atoms with Gasteiger partial charge in [-0.25, -0.2) is 4.98 Å². The Labute approximate surface area is 205 Å². The third kappa shape index (κ3) is 7.23. The minimum atomic E-state index is 0.0349. The lowest BCUT2D eigenvalue weighted by Gasteiger charge is -2.23. The summed E-state index contributed by atoms with van der Waals surface area (Å²) in [6.45, 7) is 2.87. The Morgan fingerprint density at radius 2 is 1.65 bits per heavy atom. The van der Waals surface area contributed by atoms with Gasteiger partial charge in [0.2, 0.25) is 11.8 Å². The number of amides is 2. The van der Waals surface area contributed by atoms with Crippen LogP contribution in [0.2, 0.25) is 0 Å². The highest BCUT2D eigenvalue weighted by Gasteiger charge is 2.17. The van der Waals surface area contributed by atoms with Crippen molar-refractivity contribution in [2.24, 2.45) is 0 Å². The van der Waals surface area contributed by atoms with Gasteiger partial charge in [0.15, 0.2) is 0 Å². The van der Waals surface area contributed by atoms with Gasteiger partial charge in [-0.1, -0.05) is 60.7 Å². The van der Waals surface area contributed by atoms with E-state index in [1.807, 2.05) is 36.4 Å². The van der Waals surface area contributed by atoms with Crippen LogP contribution in [0.25, 0.3) is 11.3 Å². The van der Waals surface area contributed by atoms with Crippen LogP contribution >= 0.6 is 11.3 Å². The number of carbonyl (C=O) groups is 2. The maximum absolute atomic E-state index is 12.7. The Bertz CT molecular complexity index is 1050. The summed E-state index contributed by atoms with van der Waals surface area (Å²) in [7, 11) is 0. The Kier molecular flexibility index (Phi) is 8.82. The van der Waals surface area contributed by atoms with Crippen LogP contribution in [0.4, 0.5) is 0 Å². The molecule has 3 aromatic rings. The topological polar surface area (TPSA) is 74.3 Å². The molecule has 1 aliphatic heterocycles. The predicted octanol–water partition coefficient (Wildman–Crippen LogP) is 4.20. The molecule has 4 rings (SSSR count). The number of rotatable bonds is 4. The van der Waals surface area contributed by atoms with Gasteiger partial charge < -0.3 is 10.6 Å². The van der Waals surface area contributed by atoms with Gasteiger partial charge in [-0.15, -0.1) is 11.3 Å². The fraction of sp³-hybridized carbons (Fsp3) is 0.370. The van der Waals surface area contributed by atoms with Crippen LogP contribution in [-0.4, -0.2) is 47.9 Å². The lowest BCUT2D eigenvalue weighted by atomic mass is 9.91. The molecular weight excluding hydrogens is 444 g/mol. The van der Waals surface area contributed by atoms with Crippen LogP contribution in [0.1, 0.15) is 42.2 Å². The van der Waals surface area contributed by atoms with Crippen molar-refractivity contribution >= 4 is 23.2 Å². The summed E-state index contributed by atoms with van der Waals surface area (Å²) in [6.07, 6.45) is 2.89. The van der Waals surface area contributed by atoms with Gasteiger partial charge in [0.05, 0.1) is 18.8 Å². The van der Waals surface area contributed by atoms with Crippen molar-refractivity contribution < 1.29 is 9.59 Å². The molecule has 1 atom stereocenters.